The van der Waals surface area contributed by atoms with Crippen LogP contribution in [-0.4, -0.2) is 22.8 Å². The van der Waals surface area contributed by atoms with Crippen molar-refractivity contribution in [1.82, 2.24) is 9.78 Å². The van der Waals surface area contributed by atoms with Crippen molar-refractivity contribution in [3.05, 3.63) is 67.0 Å². The van der Waals surface area contributed by atoms with E-state index in [9.17, 15) is 4.79 Å². The molecular formula is C19H19N3O3. The Morgan fingerprint density at radius 2 is 1.80 bits per heavy atom. The third-order valence-electron chi connectivity index (χ3n) is 3.72. The number of hydrogen-bond donors (Lipinski definition) is 1. The highest BCUT2D eigenvalue weighted by atomic mass is 16.5. The predicted octanol–water partition coefficient (Wildman–Crippen LogP) is 3.88. The average molecular weight is 337 g/mol. The Balaban J connectivity index is 1.65. The molecule has 6 nitrogen and oxygen atoms in total. The number of carbonyl (C=O) groups is 1. The van der Waals surface area contributed by atoms with Crippen molar-refractivity contribution in [2.24, 2.45) is 0 Å². The number of para-hydroxylation sites is 2. The van der Waals surface area contributed by atoms with Crippen LogP contribution < -0.4 is 14.8 Å². The second kappa shape index (κ2) is 7.53. The van der Waals surface area contributed by atoms with Gasteiger partial charge in [0.1, 0.15) is 11.8 Å². The highest BCUT2D eigenvalue weighted by Gasteiger charge is 2.15. The zero-order chi connectivity index (χ0) is 17.6. The quantitative estimate of drug-likeness (QED) is 0.741. The van der Waals surface area contributed by atoms with Gasteiger partial charge in [-0.05, 0) is 49.4 Å². The molecule has 0 radical (unpaired) electrons. The number of nitrogens with one attached hydrogen (secondary N) is 1. The van der Waals surface area contributed by atoms with Gasteiger partial charge in [0.05, 0.1) is 7.11 Å². The maximum Gasteiger partial charge on any atom is 0.248 e. The van der Waals surface area contributed by atoms with Gasteiger partial charge in [0.15, 0.2) is 11.5 Å². The number of ether oxygens (including phenoxy) is 2. The number of methoxy groups -OCH3 is 1. The van der Waals surface area contributed by atoms with Crippen LogP contribution in [0, 0.1) is 0 Å². The third-order valence-corrected chi connectivity index (χ3v) is 3.72. The Morgan fingerprint density at radius 1 is 1.08 bits per heavy atom. The highest BCUT2D eigenvalue weighted by molar-refractivity contribution is 5.93. The van der Waals surface area contributed by atoms with Gasteiger partial charge in [-0.2, -0.15) is 5.10 Å². The number of amides is 1. The summed E-state index contributed by atoms with van der Waals surface area (Å²) in [5.41, 5.74) is 0.691. The van der Waals surface area contributed by atoms with Gasteiger partial charge in [-0.3, -0.25) is 9.48 Å². The molecule has 1 atom stereocenters. The maximum atomic E-state index is 12.3. The second-order valence-electron chi connectivity index (χ2n) is 5.43. The topological polar surface area (TPSA) is 65.4 Å². The molecule has 25 heavy (non-hydrogen) atoms. The fourth-order valence-electron chi connectivity index (χ4n) is 2.31. The van der Waals surface area contributed by atoms with Crippen LogP contribution in [0.3, 0.4) is 0 Å². The lowest BCUT2D eigenvalue weighted by Gasteiger charge is -2.13. The van der Waals surface area contributed by atoms with Gasteiger partial charge < -0.3 is 14.8 Å². The molecule has 3 aromatic rings. The first-order valence-electron chi connectivity index (χ1n) is 7.88. The molecular weight excluding hydrogens is 318 g/mol. The van der Waals surface area contributed by atoms with Crippen molar-refractivity contribution < 1.29 is 14.3 Å². The molecule has 0 aliphatic rings. The van der Waals surface area contributed by atoms with Crippen molar-refractivity contribution in [1.29, 1.82) is 0 Å². The van der Waals surface area contributed by atoms with Crippen molar-refractivity contribution >= 4 is 11.6 Å². The molecule has 0 fully saturated rings. The standard InChI is InChI=1S/C19H19N3O3/c1-14(22-13-5-12-20-22)19(23)21-15-8-10-16(11-9-15)25-18-7-4-3-6-17(18)24-2/h3-14H,1-2H3,(H,21,23)/t14-/m0/s1. The lowest BCUT2D eigenvalue weighted by atomic mass is 10.2. The lowest BCUT2D eigenvalue weighted by Crippen LogP contribution is -2.23. The Bertz CT molecular complexity index is 829. The number of anilines is 1. The lowest BCUT2D eigenvalue weighted by molar-refractivity contribution is -0.119. The smallest absolute Gasteiger partial charge is 0.248 e. The molecule has 2 aromatic carbocycles. The van der Waals surface area contributed by atoms with Crippen LogP contribution in [-0.2, 0) is 4.79 Å². The van der Waals surface area contributed by atoms with E-state index in [1.54, 1.807) is 61.4 Å². The molecule has 0 aliphatic heterocycles. The van der Waals surface area contributed by atoms with Gasteiger partial charge in [-0.25, -0.2) is 0 Å². The molecule has 1 heterocycles. The number of nitrogens with zero attached hydrogens (tertiary/aromatic N) is 2. The van der Waals surface area contributed by atoms with Crippen molar-refractivity contribution in [2.45, 2.75) is 13.0 Å². The van der Waals surface area contributed by atoms with E-state index >= 15 is 0 Å². The summed E-state index contributed by atoms with van der Waals surface area (Å²) in [6.07, 6.45) is 3.40. The zero-order valence-corrected chi connectivity index (χ0v) is 14.0. The molecule has 0 unspecified atom stereocenters. The first kappa shape index (κ1) is 16.6. The first-order chi connectivity index (χ1) is 12.2. The molecule has 0 bridgehead atoms. The van der Waals surface area contributed by atoms with Gasteiger partial charge >= 0.3 is 0 Å². The van der Waals surface area contributed by atoms with Gasteiger partial charge in [0, 0.05) is 18.1 Å². The molecule has 0 saturated heterocycles. The number of carbonyl (C=O) groups excluding carboxylic acids is 1. The fraction of sp³-hybridized carbons (Fsp3) is 0.158. The van der Waals surface area contributed by atoms with Crippen LogP contribution in [0.4, 0.5) is 5.69 Å². The molecule has 0 saturated carbocycles. The normalized spacial score (nSPS) is 11.6. The molecule has 128 valence electrons. The predicted molar refractivity (Wildman–Crippen MR) is 95.1 cm³/mol. The Labute approximate surface area is 146 Å². The highest BCUT2D eigenvalue weighted by Crippen LogP contribution is 2.31. The summed E-state index contributed by atoms with van der Waals surface area (Å²) in [6.45, 7) is 1.79. The minimum absolute atomic E-state index is 0.137. The van der Waals surface area contributed by atoms with Crippen molar-refractivity contribution in [3.8, 4) is 17.2 Å². The average Bonchev–Trinajstić information content (AvgIpc) is 3.18. The monoisotopic (exact) mass is 337 g/mol. The molecule has 0 spiro atoms. The number of aromatic nitrogens is 2. The summed E-state index contributed by atoms with van der Waals surface area (Å²) in [6, 6.07) is 16.0. The Hall–Kier alpha value is -3.28. The van der Waals surface area contributed by atoms with Gasteiger partial charge in [-0.15, -0.1) is 0 Å². The van der Waals surface area contributed by atoms with Crippen LogP contribution in [0.25, 0.3) is 0 Å². The molecule has 3 rings (SSSR count). The number of benzene rings is 2. The van der Waals surface area contributed by atoms with E-state index in [4.69, 9.17) is 9.47 Å². The van der Waals surface area contributed by atoms with Crippen molar-refractivity contribution in [3.63, 3.8) is 0 Å². The summed E-state index contributed by atoms with van der Waals surface area (Å²) in [4.78, 5) is 12.3. The van der Waals surface area contributed by atoms with Gasteiger partial charge in [0.25, 0.3) is 0 Å². The van der Waals surface area contributed by atoms with E-state index < -0.39 is 0 Å². The summed E-state index contributed by atoms with van der Waals surface area (Å²) in [5, 5.41) is 6.94. The van der Waals surface area contributed by atoms with E-state index in [2.05, 4.69) is 10.4 Å². The van der Waals surface area contributed by atoms with Crippen LogP contribution in [0.2, 0.25) is 0 Å². The Kier molecular flexibility index (Phi) is 4.99. The van der Waals surface area contributed by atoms with E-state index in [-0.39, 0.29) is 11.9 Å². The maximum absolute atomic E-state index is 12.3. The van der Waals surface area contributed by atoms with Crippen molar-refractivity contribution in [2.75, 3.05) is 12.4 Å². The SMILES string of the molecule is COc1ccccc1Oc1ccc(NC(=O)[C@H](C)n2cccn2)cc1. The van der Waals surface area contributed by atoms with E-state index in [1.807, 2.05) is 24.3 Å². The molecule has 1 N–H and O–H groups in total. The molecule has 1 amide bonds. The minimum atomic E-state index is -0.389. The third kappa shape index (κ3) is 3.98. The first-order valence-corrected chi connectivity index (χ1v) is 7.88. The Morgan fingerprint density at radius 3 is 2.44 bits per heavy atom. The minimum Gasteiger partial charge on any atom is -0.493 e. The van der Waals surface area contributed by atoms with E-state index in [0.717, 1.165) is 0 Å². The largest absolute Gasteiger partial charge is 0.493 e. The molecule has 6 heteroatoms. The summed E-state index contributed by atoms with van der Waals surface area (Å²) in [7, 11) is 1.60. The fourth-order valence-corrected chi connectivity index (χ4v) is 2.31. The summed E-state index contributed by atoms with van der Waals surface area (Å²) >= 11 is 0. The van der Waals surface area contributed by atoms with Crippen LogP contribution in [0.5, 0.6) is 17.2 Å². The van der Waals surface area contributed by atoms with Gasteiger partial charge in [0.2, 0.25) is 5.91 Å². The van der Waals surface area contributed by atoms with E-state index in [1.165, 1.54) is 0 Å². The van der Waals surface area contributed by atoms with Crippen LogP contribution >= 0.6 is 0 Å². The second-order valence-corrected chi connectivity index (χ2v) is 5.43. The van der Waals surface area contributed by atoms with E-state index in [0.29, 0.717) is 22.9 Å². The number of hydrogen-bond acceptors (Lipinski definition) is 4. The molecule has 0 aliphatic carbocycles. The summed E-state index contributed by atoms with van der Waals surface area (Å²) in [5.74, 6) is 1.81. The zero-order valence-electron chi connectivity index (χ0n) is 14.0. The van der Waals surface area contributed by atoms with Gasteiger partial charge in [-0.1, -0.05) is 12.1 Å². The van der Waals surface area contributed by atoms with Crippen LogP contribution in [0.1, 0.15) is 13.0 Å². The van der Waals surface area contributed by atoms with Crippen LogP contribution in [0.15, 0.2) is 67.0 Å². The number of rotatable bonds is 6. The summed E-state index contributed by atoms with van der Waals surface area (Å²) < 4.78 is 12.7. The molecule has 1 aromatic heterocycles.